The van der Waals surface area contributed by atoms with Gasteiger partial charge in [-0.25, -0.2) is 4.98 Å². The first-order valence-corrected chi connectivity index (χ1v) is 5.68. The van der Waals surface area contributed by atoms with Crippen molar-refractivity contribution in [2.45, 2.75) is 27.0 Å². The first kappa shape index (κ1) is 11.2. The van der Waals surface area contributed by atoms with E-state index in [-0.39, 0.29) is 11.3 Å². The molecule has 0 bridgehead atoms. The third-order valence-electron chi connectivity index (χ3n) is 2.46. The van der Waals surface area contributed by atoms with Gasteiger partial charge in [0.25, 0.3) is 5.91 Å². The Morgan fingerprint density at radius 3 is 2.62 bits per heavy atom. The topological polar surface area (TPSA) is 66.3 Å². The van der Waals surface area contributed by atoms with Crippen molar-refractivity contribution in [3.63, 3.8) is 0 Å². The van der Waals surface area contributed by atoms with E-state index in [1.165, 1.54) is 17.3 Å². The summed E-state index contributed by atoms with van der Waals surface area (Å²) in [7, 11) is 0. The highest BCUT2D eigenvalue weighted by atomic mass is 32.1. The smallest absolute Gasteiger partial charge is 0.255 e. The largest absolute Gasteiger partial charge is 0.369 e. The van der Waals surface area contributed by atoms with E-state index in [2.05, 4.69) is 9.36 Å². The van der Waals surface area contributed by atoms with E-state index >= 15 is 0 Å². The summed E-state index contributed by atoms with van der Waals surface area (Å²) in [4.78, 5) is 17.0. The zero-order valence-electron chi connectivity index (χ0n) is 9.34. The summed E-state index contributed by atoms with van der Waals surface area (Å²) >= 11 is 1.09. The summed E-state index contributed by atoms with van der Waals surface area (Å²) < 4.78 is 3.83. The van der Waals surface area contributed by atoms with Crippen LogP contribution >= 0.6 is 11.5 Å². The number of carbonyl (C=O) groups excluding carboxylic acids is 1. The molecule has 1 unspecified atom stereocenters. The van der Waals surface area contributed by atoms with Gasteiger partial charge in [0, 0.05) is 17.6 Å². The Kier molecular flexibility index (Phi) is 2.55. The second-order valence-corrected chi connectivity index (χ2v) is 5.41. The number of carbonyl (C=O) groups is 1. The van der Waals surface area contributed by atoms with Gasteiger partial charge in [-0.05, 0) is 11.0 Å². The summed E-state index contributed by atoms with van der Waals surface area (Å²) in [6.07, 6.45) is 1.92. The lowest BCUT2D eigenvalue weighted by Crippen LogP contribution is -2.37. The van der Waals surface area contributed by atoms with Gasteiger partial charge in [0.1, 0.15) is 6.33 Å². The van der Waals surface area contributed by atoms with E-state index in [0.717, 1.165) is 11.5 Å². The minimum atomic E-state index is -0.930. The van der Waals surface area contributed by atoms with Gasteiger partial charge in [-0.15, -0.1) is 0 Å². The van der Waals surface area contributed by atoms with Crippen LogP contribution in [0, 0.1) is 5.41 Å². The van der Waals surface area contributed by atoms with Gasteiger partial charge in [0.2, 0.25) is 5.13 Å². The zero-order valence-corrected chi connectivity index (χ0v) is 10.2. The minimum absolute atomic E-state index is 0.242. The van der Waals surface area contributed by atoms with Gasteiger partial charge in [0.15, 0.2) is 6.23 Å². The Bertz CT molecular complexity index is 433. The Balaban J connectivity index is 2.33. The Labute approximate surface area is 97.6 Å². The molecule has 0 saturated carbocycles. The minimum Gasteiger partial charge on any atom is -0.369 e. The third kappa shape index (κ3) is 1.74. The molecule has 1 atom stereocenters. The fourth-order valence-corrected chi connectivity index (χ4v) is 2.17. The van der Waals surface area contributed by atoms with Crippen LogP contribution in [-0.2, 0) is 4.79 Å². The van der Waals surface area contributed by atoms with Gasteiger partial charge in [0.05, 0.1) is 0 Å². The molecular weight excluding hydrogens is 226 g/mol. The number of hydrogen-bond donors (Lipinski definition) is 1. The summed E-state index contributed by atoms with van der Waals surface area (Å²) in [5.41, 5.74) is 0.460. The van der Waals surface area contributed by atoms with Crippen molar-refractivity contribution in [1.29, 1.82) is 0 Å². The molecule has 0 saturated heterocycles. The van der Waals surface area contributed by atoms with Gasteiger partial charge >= 0.3 is 0 Å². The standard InChI is InChI=1S/C10H13N3O2S/c1-10(2,3)6-4-7(14)13(8(6)15)9-11-5-12-16-9/h4-5,8,15H,1-3H3. The van der Waals surface area contributed by atoms with Crippen molar-refractivity contribution >= 4 is 22.6 Å². The number of amides is 1. The van der Waals surface area contributed by atoms with E-state index in [1.807, 2.05) is 20.8 Å². The molecule has 1 aromatic rings. The second kappa shape index (κ2) is 3.64. The molecule has 5 nitrogen and oxygen atoms in total. The Morgan fingerprint density at radius 2 is 2.19 bits per heavy atom. The maximum atomic E-state index is 11.8. The molecule has 1 amide bonds. The Morgan fingerprint density at radius 1 is 1.50 bits per heavy atom. The first-order valence-electron chi connectivity index (χ1n) is 4.91. The number of aliphatic hydroxyl groups excluding tert-OH is 1. The number of nitrogens with zero attached hydrogens (tertiary/aromatic N) is 3. The molecule has 0 radical (unpaired) electrons. The summed E-state index contributed by atoms with van der Waals surface area (Å²) in [6, 6.07) is 0. The van der Waals surface area contributed by atoms with Crippen molar-refractivity contribution in [1.82, 2.24) is 9.36 Å². The molecule has 0 aliphatic carbocycles. The summed E-state index contributed by atoms with van der Waals surface area (Å²) in [6.45, 7) is 5.87. The lowest BCUT2D eigenvalue weighted by Gasteiger charge is -2.26. The fraction of sp³-hybridized carbons (Fsp3) is 0.500. The number of aliphatic hydroxyl groups is 1. The lowest BCUT2D eigenvalue weighted by molar-refractivity contribution is -0.114. The van der Waals surface area contributed by atoms with Crippen molar-refractivity contribution < 1.29 is 9.90 Å². The monoisotopic (exact) mass is 239 g/mol. The van der Waals surface area contributed by atoms with Crippen LogP contribution in [0.3, 0.4) is 0 Å². The van der Waals surface area contributed by atoms with Crippen LogP contribution in [0.2, 0.25) is 0 Å². The van der Waals surface area contributed by atoms with E-state index in [1.54, 1.807) is 0 Å². The van der Waals surface area contributed by atoms with Gasteiger partial charge in [-0.2, -0.15) is 4.37 Å². The highest BCUT2D eigenvalue weighted by Crippen LogP contribution is 2.35. The quantitative estimate of drug-likeness (QED) is 0.799. The summed E-state index contributed by atoms with van der Waals surface area (Å²) in [5, 5.41) is 10.5. The molecular formula is C10H13N3O2S. The van der Waals surface area contributed by atoms with E-state index in [4.69, 9.17) is 0 Å². The molecule has 0 aromatic carbocycles. The van der Waals surface area contributed by atoms with E-state index in [9.17, 15) is 9.90 Å². The number of aromatic nitrogens is 2. The van der Waals surface area contributed by atoms with E-state index in [0.29, 0.717) is 10.7 Å². The molecule has 1 aliphatic rings. The normalized spacial score (nSPS) is 21.5. The molecule has 6 heteroatoms. The Hall–Kier alpha value is -1.27. The first-order chi connectivity index (χ1) is 7.41. The predicted octanol–water partition coefficient (Wildman–Crippen LogP) is 1.18. The molecule has 0 fully saturated rings. The molecule has 1 aliphatic heterocycles. The number of rotatable bonds is 1. The predicted molar refractivity (Wildman–Crippen MR) is 60.9 cm³/mol. The molecule has 1 N–H and O–H groups in total. The van der Waals surface area contributed by atoms with Crippen LogP contribution in [-0.4, -0.2) is 26.6 Å². The average Bonchev–Trinajstić information content (AvgIpc) is 2.72. The SMILES string of the molecule is CC(C)(C)C1=CC(=O)N(c2ncns2)C1O. The van der Waals surface area contributed by atoms with Gasteiger partial charge in [-0.1, -0.05) is 20.8 Å². The van der Waals surface area contributed by atoms with Crippen molar-refractivity contribution in [2.75, 3.05) is 4.90 Å². The molecule has 2 heterocycles. The molecule has 1 aromatic heterocycles. The second-order valence-electron chi connectivity index (χ2n) is 4.66. The van der Waals surface area contributed by atoms with Crippen LogP contribution in [0.4, 0.5) is 5.13 Å². The van der Waals surface area contributed by atoms with E-state index < -0.39 is 6.23 Å². The highest BCUT2D eigenvalue weighted by molar-refractivity contribution is 7.09. The number of anilines is 1. The van der Waals surface area contributed by atoms with Crippen LogP contribution < -0.4 is 4.90 Å². The maximum Gasteiger partial charge on any atom is 0.255 e. The van der Waals surface area contributed by atoms with Gasteiger partial charge < -0.3 is 5.11 Å². The highest BCUT2D eigenvalue weighted by Gasteiger charge is 2.38. The van der Waals surface area contributed by atoms with Crippen molar-refractivity contribution in [2.24, 2.45) is 5.41 Å². The molecule has 86 valence electrons. The maximum absolute atomic E-state index is 11.8. The van der Waals surface area contributed by atoms with Crippen LogP contribution in [0.5, 0.6) is 0 Å². The lowest BCUT2D eigenvalue weighted by atomic mass is 9.86. The van der Waals surface area contributed by atoms with Crippen LogP contribution in [0.25, 0.3) is 0 Å². The number of hydrogen-bond acceptors (Lipinski definition) is 5. The van der Waals surface area contributed by atoms with Crippen LogP contribution in [0.15, 0.2) is 18.0 Å². The van der Waals surface area contributed by atoms with Gasteiger partial charge in [-0.3, -0.25) is 9.69 Å². The zero-order chi connectivity index (χ0) is 11.9. The molecule has 0 spiro atoms. The van der Waals surface area contributed by atoms with Crippen molar-refractivity contribution in [3.05, 3.63) is 18.0 Å². The fourth-order valence-electron chi connectivity index (χ4n) is 1.61. The average molecular weight is 239 g/mol. The third-order valence-corrected chi connectivity index (χ3v) is 3.13. The van der Waals surface area contributed by atoms with Crippen molar-refractivity contribution in [3.8, 4) is 0 Å². The van der Waals surface area contributed by atoms with Crippen LogP contribution in [0.1, 0.15) is 20.8 Å². The summed E-state index contributed by atoms with van der Waals surface area (Å²) in [5.74, 6) is -0.242. The molecule has 16 heavy (non-hydrogen) atoms. The molecule has 2 rings (SSSR count).